The molecule has 0 aliphatic carbocycles. The third kappa shape index (κ3) is 3.11. The molecule has 106 valence electrons. The van der Waals surface area contributed by atoms with E-state index in [2.05, 4.69) is 28.1 Å². The van der Waals surface area contributed by atoms with Gasteiger partial charge < -0.3 is 15.4 Å². The summed E-state index contributed by atoms with van der Waals surface area (Å²) >= 11 is 1.71. The topological polar surface area (TPSA) is 50.4 Å². The van der Waals surface area contributed by atoms with Gasteiger partial charge in [0.1, 0.15) is 0 Å². The smallest absolute Gasteiger partial charge is 0.315 e. The third-order valence-corrected chi connectivity index (χ3v) is 4.53. The number of thiophene rings is 1. The molecule has 2 heterocycles. The maximum atomic E-state index is 11.8. The Morgan fingerprint density at radius 2 is 2.25 bits per heavy atom. The standard InChI is InChI=1S/C15H18N2O2S/c18-15(17-9-12-4-3-7-19-12)16-8-11-10-20-14-6-2-1-5-13(11)14/h1-2,5-6,10,12H,3-4,7-9H2,(H2,16,17,18)/t12-/m0/s1. The molecule has 0 saturated carbocycles. The summed E-state index contributed by atoms with van der Waals surface area (Å²) in [6, 6.07) is 8.12. The highest BCUT2D eigenvalue weighted by Gasteiger charge is 2.16. The summed E-state index contributed by atoms with van der Waals surface area (Å²) in [6.45, 7) is 1.96. The van der Waals surface area contributed by atoms with Crippen molar-refractivity contribution >= 4 is 27.5 Å². The lowest BCUT2D eigenvalue weighted by molar-refractivity contribution is 0.111. The van der Waals surface area contributed by atoms with Crippen LogP contribution in [0.5, 0.6) is 0 Å². The minimum atomic E-state index is -0.129. The third-order valence-electron chi connectivity index (χ3n) is 3.51. The molecule has 0 unspecified atom stereocenters. The molecular formula is C15H18N2O2S. The molecule has 1 fully saturated rings. The van der Waals surface area contributed by atoms with Crippen LogP contribution in [0.15, 0.2) is 29.6 Å². The van der Waals surface area contributed by atoms with Crippen LogP contribution in [0.3, 0.4) is 0 Å². The highest BCUT2D eigenvalue weighted by Crippen LogP contribution is 2.25. The lowest BCUT2D eigenvalue weighted by atomic mass is 10.2. The van der Waals surface area contributed by atoms with E-state index >= 15 is 0 Å². The molecule has 1 aliphatic rings. The van der Waals surface area contributed by atoms with E-state index in [1.807, 2.05) is 12.1 Å². The Morgan fingerprint density at radius 3 is 3.10 bits per heavy atom. The molecule has 3 rings (SSSR count). The highest BCUT2D eigenvalue weighted by atomic mass is 32.1. The molecular weight excluding hydrogens is 272 g/mol. The van der Waals surface area contributed by atoms with Gasteiger partial charge in [-0.1, -0.05) is 18.2 Å². The van der Waals surface area contributed by atoms with Crippen LogP contribution < -0.4 is 10.6 Å². The second-order valence-electron chi connectivity index (χ2n) is 4.96. The molecule has 2 N–H and O–H groups in total. The lowest BCUT2D eigenvalue weighted by Gasteiger charge is -2.11. The SMILES string of the molecule is O=C(NCc1csc2ccccc12)NC[C@@H]1CCCO1. The summed E-state index contributed by atoms with van der Waals surface area (Å²) in [5, 5.41) is 9.09. The van der Waals surface area contributed by atoms with E-state index in [1.165, 1.54) is 10.1 Å². The molecule has 1 aliphatic heterocycles. The quantitative estimate of drug-likeness (QED) is 0.909. The van der Waals surface area contributed by atoms with Gasteiger partial charge >= 0.3 is 6.03 Å². The summed E-state index contributed by atoms with van der Waals surface area (Å²) in [7, 11) is 0. The summed E-state index contributed by atoms with van der Waals surface area (Å²) in [5.74, 6) is 0. The molecule has 0 bridgehead atoms. The second-order valence-corrected chi connectivity index (χ2v) is 5.87. The number of hydrogen-bond acceptors (Lipinski definition) is 3. The van der Waals surface area contributed by atoms with Gasteiger partial charge in [-0.25, -0.2) is 4.79 Å². The first kappa shape index (κ1) is 13.4. The van der Waals surface area contributed by atoms with Gasteiger partial charge in [0.25, 0.3) is 0 Å². The molecule has 5 heteroatoms. The Balaban J connectivity index is 1.49. The van der Waals surface area contributed by atoms with Crippen molar-refractivity contribution < 1.29 is 9.53 Å². The van der Waals surface area contributed by atoms with Crippen molar-refractivity contribution in [3.63, 3.8) is 0 Å². The molecule has 0 radical (unpaired) electrons. The van der Waals surface area contributed by atoms with Crippen molar-refractivity contribution in [1.29, 1.82) is 0 Å². The predicted octanol–water partition coefficient (Wildman–Crippen LogP) is 2.88. The van der Waals surface area contributed by atoms with Crippen LogP contribution in [-0.4, -0.2) is 25.3 Å². The van der Waals surface area contributed by atoms with E-state index in [0.29, 0.717) is 13.1 Å². The summed E-state index contributed by atoms with van der Waals surface area (Å²) in [5.41, 5.74) is 1.16. The zero-order valence-electron chi connectivity index (χ0n) is 11.2. The minimum Gasteiger partial charge on any atom is -0.376 e. The Morgan fingerprint density at radius 1 is 1.35 bits per heavy atom. The zero-order chi connectivity index (χ0) is 13.8. The number of rotatable bonds is 4. The Hall–Kier alpha value is -1.59. The molecule has 20 heavy (non-hydrogen) atoms. The fourth-order valence-electron chi connectivity index (χ4n) is 2.42. The summed E-state index contributed by atoms with van der Waals surface area (Å²) in [4.78, 5) is 11.8. The zero-order valence-corrected chi connectivity index (χ0v) is 12.0. The highest BCUT2D eigenvalue weighted by molar-refractivity contribution is 7.17. The van der Waals surface area contributed by atoms with E-state index in [9.17, 15) is 4.79 Å². The second kappa shape index (κ2) is 6.24. The number of benzene rings is 1. The number of carbonyl (C=O) groups is 1. The minimum absolute atomic E-state index is 0.129. The van der Waals surface area contributed by atoms with Crippen molar-refractivity contribution in [3.05, 3.63) is 35.2 Å². The number of amides is 2. The van der Waals surface area contributed by atoms with Crippen molar-refractivity contribution in [2.24, 2.45) is 0 Å². The number of urea groups is 1. The van der Waals surface area contributed by atoms with E-state index in [1.54, 1.807) is 11.3 Å². The summed E-state index contributed by atoms with van der Waals surface area (Å²) < 4.78 is 6.72. The first-order valence-electron chi connectivity index (χ1n) is 6.91. The van der Waals surface area contributed by atoms with Gasteiger partial charge in [0.05, 0.1) is 6.10 Å². The normalized spacial score (nSPS) is 18.3. The van der Waals surface area contributed by atoms with E-state index in [0.717, 1.165) is 25.0 Å². The maximum absolute atomic E-state index is 11.8. The molecule has 1 atom stereocenters. The Bertz CT molecular complexity index is 590. The molecule has 0 spiro atoms. The van der Waals surface area contributed by atoms with Crippen molar-refractivity contribution in [1.82, 2.24) is 10.6 Å². The van der Waals surface area contributed by atoms with Crippen LogP contribution in [-0.2, 0) is 11.3 Å². The molecule has 1 aromatic carbocycles. The fraction of sp³-hybridized carbons (Fsp3) is 0.400. The van der Waals surface area contributed by atoms with Crippen LogP contribution in [0.25, 0.3) is 10.1 Å². The largest absolute Gasteiger partial charge is 0.376 e. The molecule has 4 nitrogen and oxygen atoms in total. The summed E-state index contributed by atoms with van der Waals surface area (Å²) in [6.07, 6.45) is 2.31. The Labute approximate surface area is 122 Å². The molecule has 2 amide bonds. The number of hydrogen-bond donors (Lipinski definition) is 2. The van der Waals surface area contributed by atoms with Crippen molar-refractivity contribution in [2.45, 2.75) is 25.5 Å². The van der Waals surface area contributed by atoms with Gasteiger partial charge in [0, 0.05) is 24.4 Å². The van der Waals surface area contributed by atoms with Gasteiger partial charge in [-0.2, -0.15) is 0 Å². The number of nitrogens with one attached hydrogen (secondary N) is 2. The average molecular weight is 290 g/mol. The van der Waals surface area contributed by atoms with Crippen LogP contribution in [0.4, 0.5) is 4.79 Å². The predicted molar refractivity (Wildman–Crippen MR) is 81.0 cm³/mol. The number of ether oxygens (including phenoxy) is 1. The van der Waals surface area contributed by atoms with E-state index in [4.69, 9.17) is 4.74 Å². The molecule has 2 aromatic rings. The maximum Gasteiger partial charge on any atom is 0.315 e. The first-order valence-corrected chi connectivity index (χ1v) is 7.79. The van der Waals surface area contributed by atoms with Crippen molar-refractivity contribution in [3.8, 4) is 0 Å². The fourth-order valence-corrected chi connectivity index (χ4v) is 3.38. The van der Waals surface area contributed by atoms with Crippen LogP contribution in [0.1, 0.15) is 18.4 Å². The lowest BCUT2D eigenvalue weighted by Crippen LogP contribution is -2.39. The van der Waals surface area contributed by atoms with Gasteiger partial charge in [0.15, 0.2) is 0 Å². The molecule has 1 saturated heterocycles. The first-order chi connectivity index (χ1) is 9.83. The van der Waals surface area contributed by atoms with Gasteiger partial charge in [-0.05, 0) is 35.2 Å². The van der Waals surface area contributed by atoms with Crippen molar-refractivity contribution in [2.75, 3.05) is 13.2 Å². The van der Waals surface area contributed by atoms with Gasteiger partial charge in [-0.15, -0.1) is 11.3 Å². The van der Waals surface area contributed by atoms with Crippen LogP contribution >= 0.6 is 11.3 Å². The van der Waals surface area contributed by atoms with Crippen LogP contribution in [0, 0.1) is 0 Å². The number of carbonyl (C=O) groups excluding carboxylic acids is 1. The van der Waals surface area contributed by atoms with E-state index in [-0.39, 0.29) is 12.1 Å². The Kier molecular flexibility index (Phi) is 4.18. The average Bonchev–Trinajstić information content (AvgIpc) is 3.12. The van der Waals surface area contributed by atoms with Crippen LogP contribution in [0.2, 0.25) is 0 Å². The van der Waals surface area contributed by atoms with E-state index < -0.39 is 0 Å². The van der Waals surface area contributed by atoms with Gasteiger partial charge in [-0.3, -0.25) is 0 Å². The monoisotopic (exact) mass is 290 g/mol. The number of fused-ring (bicyclic) bond motifs is 1. The molecule has 1 aromatic heterocycles. The van der Waals surface area contributed by atoms with Gasteiger partial charge in [0.2, 0.25) is 0 Å².